The third-order valence-electron chi connectivity index (χ3n) is 2.49. The Kier molecular flexibility index (Phi) is 4.30. The number of hydrogen-bond donors (Lipinski definition) is 1. The summed E-state index contributed by atoms with van der Waals surface area (Å²) in [5.74, 6) is 0.913. The summed E-state index contributed by atoms with van der Waals surface area (Å²) in [4.78, 5) is 0. The topological polar surface area (TPSA) is 52.0 Å². The predicted octanol–water partition coefficient (Wildman–Crippen LogP) is 1.50. The van der Waals surface area contributed by atoms with Crippen LogP contribution in [0.5, 0.6) is 5.75 Å². The molecule has 5 heteroatoms. The molecule has 2 rings (SSSR count). The van der Waals surface area contributed by atoms with Crippen LogP contribution < -0.4 is 10.1 Å². The van der Waals surface area contributed by atoms with Gasteiger partial charge in [-0.1, -0.05) is 17.3 Å². The highest BCUT2D eigenvalue weighted by atomic mass is 16.5. The lowest BCUT2D eigenvalue weighted by molar-refractivity contribution is 0.340. The van der Waals surface area contributed by atoms with E-state index in [1.165, 1.54) is 5.56 Å². The van der Waals surface area contributed by atoms with Gasteiger partial charge in [0.05, 0.1) is 12.3 Å². The standard InChI is InChI=1S/C13H18N4O/c1-3-18-13-6-4-5-11(7-13)8-14-9-12-10-17(2)16-15-12/h4-7,10,14H,3,8-9H2,1-2H3. The molecule has 1 aromatic heterocycles. The molecule has 0 aliphatic rings. The fraction of sp³-hybridized carbons (Fsp3) is 0.385. The maximum atomic E-state index is 5.46. The van der Waals surface area contributed by atoms with E-state index < -0.39 is 0 Å². The minimum absolute atomic E-state index is 0.691. The van der Waals surface area contributed by atoms with Crippen molar-refractivity contribution in [2.75, 3.05) is 6.61 Å². The SMILES string of the molecule is CCOc1cccc(CNCc2cn(C)nn2)c1. The van der Waals surface area contributed by atoms with E-state index in [0.717, 1.165) is 18.0 Å². The van der Waals surface area contributed by atoms with Gasteiger partial charge in [-0.25, -0.2) is 0 Å². The Bertz CT molecular complexity index is 495. The molecule has 18 heavy (non-hydrogen) atoms. The Morgan fingerprint density at radius 2 is 2.22 bits per heavy atom. The van der Waals surface area contributed by atoms with Gasteiger partial charge in [0.15, 0.2) is 0 Å². The number of aromatic nitrogens is 3. The van der Waals surface area contributed by atoms with E-state index >= 15 is 0 Å². The molecule has 0 radical (unpaired) electrons. The summed E-state index contributed by atoms with van der Waals surface area (Å²) in [5.41, 5.74) is 2.14. The first-order valence-electron chi connectivity index (χ1n) is 6.05. The summed E-state index contributed by atoms with van der Waals surface area (Å²) in [6.07, 6.45) is 1.91. The summed E-state index contributed by atoms with van der Waals surface area (Å²) in [7, 11) is 1.86. The van der Waals surface area contributed by atoms with Gasteiger partial charge in [-0.15, -0.1) is 5.10 Å². The van der Waals surface area contributed by atoms with Crippen LogP contribution >= 0.6 is 0 Å². The van der Waals surface area contributed by atoms with Crippen LogP contribution in [0.1, 0.15) is 18.2 Å². The number of nitrogens with one attached hydrogen (secondary N) is 1. The van der Waals surface area contributed by atoms with E-state index in [1.807, 2.05) is 38.4 Å². The fourth-order valence-corrected chi connectivity index (χ4v) is 1.72. The second kappa shape index (κ2) is 6.16. The Morgan fingerprint density at radius 3 is 2.94 bits per heavy atom. The third-order valence-corrected chi connectivity index (χ3v) is 2.49. The predicted molar refractivity (Wildman–Crippen MR) is 69.2 cm³/mol. The van der Waals surface area contributed by atoms with Crippen molar-refractivity contribution < 1.29 is 4.74 Å². The van der Waals surface area contributed by atoms with Crippen LogP contribution in [0, 0.1) is 0 Å². The van der Waals surface area contributed by atoms with Crippen LogP contribution in [-0.4, -0.2) is 21.6 Å². The van der Waals surface area contributed by atoms with Crippen molar-refractivity contribution >= 4 is 0 Å². The number of benzene rings is 1. The third kappa shape index (κ3) is 3.56. The van der Waals surface area contributed by atoms with Gasteiger partial charge >= 0.3 is 0 Å². The molecular weight excluding hydrogens is 228 g/mol. The van der Waals surface area contributed by atoms with Gasteiger partial charge in [-0.05, 0) is 24.6 Å². The zero-order valence-corrected chi connectivity index (χ0v) is 10.8. The molecule has 0 unspecified atom stereocenters. The maximum absolute atomic E-state index is 5.46. The van der Waals surface area contributed by atoms with E-state index in [-0.39, 0.29) is 0 Å². The first-order chi connectivity index (χ1) is 8.78. The average molecular weight is 246 g/mol. The molecule has 0 saturated carbocycles. The molecule has 0 saturated heterocycles. The normalized spacial score (nSPS) is 10.6. The summed E-state index contributed by atoms with van der Waals surface area (Å²) < 4.78 is 7.16. The Hall–Kier alpha value is -1.88. The number of hydrogen-bond acceptors (Lipinski definition) is 4. The number of aryl methyl sites for hydroxylation is 1. The van der Waals surface area contributed by atoms with Crippen LogP contribution in [0.3, 0.4) is 0 Å². The largest absolute Gasteiger partial charge is 0.494 e. The summed E-state index contributed by atoms with van der Waals surface area (Å²) in [5, 5.41) is 11.2. The van der Waals surface area contributed by atoms with Crippen molar-refractivity contribution in [2.24, 2.45) is 7.05 Å². The molecular formula is C13H18N4O. The molecule has 1 N–H and O–H groups in total. The fourth-order valence-electron chi connectivity index (χ4n) is 1.72. The molecule has 0 atom stereocenters. The second-order valence-corrected chi connectivity index (χ2v) is 4.07. The Morgan fingerprint density at radius 1 is 1.33 bits per heavy atom. The van der Waals surface area contributed by atoms with E-state index in [1.54, 1.807) is 4.68 Å². The molecule has 96 valence electrons. The average Bonchev–Trinajstić information content (AvgIpc) is 2.76. The molecule has 1 aromatic carbocycles. The Labute approximate surface area is 107 Å². The molecule has 0 amide bonds. The van der Waals surface area contributed by atoms with Crippen molar-refractivity contribution in [3.8, 4) is 5.75 Å². The highest BCUT2D eigenvalue weighted by Crippen LogP contribution is 2.13. The van der Waals surface area contributed by atoms with E-state index in [0.29, 0.717) is 13.2 Å². The van der Waals surface area contributed by atoms with E-state index in [4.69, 9.17) is 4.74 Å². The van der Waals surface area contributed by atoms with E-state index in [2.05, 4.69) is 21.7 Å². The molecule has 0 spiro atoms. The number of ether oxygens (including phenoxy) is 1. The van der Waals surface area contributed by atoms with Gasteiger partial charge in [0.25, 0.3) is 0 Å². The molecule has 0 bridgehead atoms. The molecule has 2 aromatic rings. The first kappa shape index (κ1) is 12.6. The molecule has 0 aliphatic heterocycles. The zero-order valence-electron chi connectivity index (χ0n) is 10.8. The number of rotatable bonds is 6. The lowest BCUT2D eigenvalue weighted by atomic mass is 10.2. The van der Waals surface area contributed by atoms with Gasteiger partial charge in [0, 0.05) is 26.3 Å². The van der Waals surface area contributed by atoms with Crippen molar-refractivity contribution in [3.05, 3.63) is 41.7 Å². The van der Waals surface area contributed by atoms with Crippen molar-refractivity contribution in [2.45, 2.75) is 20.0 Å². The Balaban J connectivity index is 1.84. The van der Waals surface area contributed by atoms with Gasteiger partial charge in [0.1, 0.15) is 5.75 Å². The molecule has 1 heterocycles. The van der Waals surface area contributed by atoms with Gasteiger partial charge in [0.2, 0.25) is 0 Å². The van der Waals surface area contributed by atoms with Gasteiger partial charge < -0.3 is 10.1 Å². The monoisotopic (exact) mass is 246 g/mol. The van der Waals surface area contributed by atoms with Gasteiger partial charge in [-0.2, -0.15) is 0 Å². The first-order valence-corrected chi connectivity index (χ1v) is 6.05. The smallest absolute Gasteiger partial charge is 0.119 e. The highest BCUT2D eigenvalue weighted by Gasteiger charge is 1.99. The summed E-state index contributed by atoms with van der Waals surface area (Å²) in [6.45, 7) is 4.18. The van der Waals surface area contributed by atoms with E-state index in [9.17, 15) is 0 Å². The minimum atomic E-state index is 0.691. The van der Waals surface area contributed by atoms with Crippen molar-refractivity contribution in [1.29, 1.82) is 0 Å². The van der Waals surface area contributed by atoms with Crippen LogP contribution in [0.4, 0.5) is 0 Å². The van der Waals surface area contributed by atoms with Crippen molar-refractivity contribution in [1.82, 2.24) is 20.3 Å². The second-order valence-electron chi connectivity index (χ2n) is 4.07. The molecule has 0 aliphatic carbocycles. The van der Waals surface area contributed by atoms with Crippen LogP contribution in [0.2, 0.25) is 0 Å². The lowest BCUT2D eigenvalue weighted by Gasteiger charge is -2.06. The quantitative estimate of drug-likeness (QED) is 0.839. The van der Waals surface area contributed by atoms with Crippen LogP contribution in [0.15, 0.2) is 30.5 Å². The van der Waals surface area contributed by atoms with Gasteiger partial charge in [-0.3, -0.25) is 4.68 Å². The number of nitrogens with zero attached hydrogens (tertiary/aromatic N) is 3. The van der Waals surface area contributed by atoms with Crippen LogP contribution in [-0.2, 0) is 20.1 Å². The minimum Gasteiger partial charge on any atom is -0.494 e. The maximum Gasteiger partial charge on any atom is 0.119 e. The molecule has 0 fully saturated rings. The lowest BCUT2D eigenvalue weighted by Crippen LogP contribution is -2.13. The van der Waals surface area contributed by atoms with Crippen LogP contribution in [0.25, 0.3) is 0 Å². The van der Waals surface area contributed by atoms with Crippen molar-refractivity contribution in [3.63, 3.8) is 0 Å². The summed E-state index contributed by atoms with van der Waals surface area (Å²) in [6, 6.07) is 8.10. The zero-order chi connectivity index (χ0) is 12.8. The molecule has 5 nitrogen and oxygen atoms in total. The highest BCUT2D eigenvalue weighted by molar-refractivity contribution is 5.28. The summed E-state index contributed by atoms with van der Waals surface area (Å²) >= 11 is 0.